The first-order chi connectivity index (χ1) is 13.2. The lowest BCUT2D eigenvalue weighted by atomic mass is 10.1. The van der Waals surface area contributed by atoms with E-state index in [4.69, 9.17) is 4.74 Å². The third-order valence-corrected chi connectivity index (χ3v) is 4.14. The van der Waals surface area contributed by atoms with Gasteiger partial charge in [0.2, 0.25) is 0 Å². The van der Waals surface area contributed by atoms with Gasteiger partial charge >= 0.3 is 5.97 Å². The molecule has 0 aromatic carbocycles. The van der Waals surface area contributed by atoms with Crippen LogP contribution in [0.1, 0.15) is 41.0 Å². The van der Waals surface area contributed by atoms with E-state index >= 15 is 0 Å². The first-order valence-electron chi connectivity index (χ1n) is 8.71. The summed E-state index contributed by atoms with van der Waals surface area (Å²) in [6, 6.07) is 3.51. The lowest BCUT2D eigenvalue weighted by Crippen LogP contribution is -2.18. The van der Waals surface area contributed by atoms with Gasteiger partial charge in [-0.15, -0.1) is 0 Å². The zero-order valence-electron chi connectivity index (χ0n) is 16.2. The summed E-state index contributed by atoms with van der Waals surface area (Å²) in [4.78, 5) is 32.2. The number of ether oxygens (including phenoxy) is 1. The van der Waals surface area contributed by atoms with Gasteiger partial charge in [0.15, 0.2) is 0 Å². The molecule has 144 valence electrons. The molecule has 3 aromatic heterocycles. The molecule has 28 heavy (non-hydrogen) atoms. The van der Waals surface area contributed by atoms with Crippen molar-refractivity contribution in [3.8, 4) is 11.8 Å². The highest BCUT2D eigenvalue weighted by atomic mass is 16.5. The Labute approximate surface area is 162 Å². The summed E-state index contributed by atoms with van der Waals surface area (Å²) < 4.78 is 6.83. The van der Waals surface area contributed by atoms with E-state index in [1.807, 2.05) is 0 Å². The number of nitrogens with zero attached hydrogens (tertiary/aromatic N) is 2. The van der Waals surface area contributed by atoms with Crippen molar-refractivity contribution < 1.29 is 14.6 Å². The number of esters is 1. The summed E-state index contributed by atoms with van der Waals surface area (Å²) in [5.74, 6) is 5.05. The maximum absolute atomic E-state index is 12.8. The lowest BCUT2D eigenvalue weighted by Gasteiger charge is -2.08. The van der Waals surface area contributed by atoms with Crippen LogP contribution in [-0.2, 0) is 18.4 Å². The summed E-state index contributed by atoms with van der Waals surface area (Å²) in [6.07, 6.45) is 4.79. The van der Waals surface area contributed by atoms with E-state index in [-0.39, 0.29) is 23.2 Å². The standard InChI is InChI=1S/C21H21N3O4/c1-13-16(20(26)28-12-14-6-9-22-10-7-14)17-15(5-8-21(2,3)27)11-24(4)19(25)18(17)23-13/h6-7,9-11,23,27H,12H2,1-4H3. The quantitative estimate of drug-likeness (QED) is 0.536. The van der Waals surface area contributed by atoms with Gasteiger partial charge in [-0.05, 0) is 38.5 Å². The second kappa shape index (κ2) is 7.33. The van der Waals surface area contributed by atoms with Crippen molar-refractivity contribution >= 4 is 16.9 Å². The van der Waals surface area contributed by atoms with Crippen LogP contribution >= 0.6 is 0 Å². The van der Waals surface area contributed by atoms with Crippen LogP contribution in [0.4, 0.5) is 0 Å². The van der Waals surface area contributed by atoms with E-state index in [2.05, 4.69) is 21.8 Å². The number of hydrogen-bond donors (Lipinski definition) is 2. The molecule has 0 radical (unpaired) electrons. The van der Waals surface area contributed by atoms with Crippen molar-refractivity contribution in [1.82, 2.24) is 14.5 Å². The summed E-state index contributed by atoms with van der Waals surface area (Å²) in [6.45, 7) is 4.91. The van der Waals surface area contributed by atoms with E-state index in [1.165, 1.54) is 4.57 Å². The van der Waals surface area contributed by atoms with Gasteiger partial charge in [0.25, 0.3) is 5.56 Å². The number of carbonyl (C=O) groups excluding carboxylic acids is 1. The Morgan fingerprint density at radius 1 is 1.36 bits per heavy atom. The minimum Gasteiger partial charge on any atom is -0.457 e. The van der Waals surface area contributed by atoms with Crippen molar-refractivity contribution in [2.24, 2.45) is 7.05 Å². The number of fused-ring (bicyclic) bond motifs is 1. The molecule has 0 saturated heterocycles. The smallest absolute Gasteiger partial charge is 0.340 e. The van der Waals surface area contributed by atoms with Gasteiger partial charge in [-0.1, -0.05) is 11.8 Å². The van der Waals surface area contributed by atoms with E-state index < -0.39 is 11.6 Å². The second-order valence-electron chi connectivity index (χ2n) is 7.07. The van der Waals surface area contributed by atoms with Crippen LogP contribution in [0.15, 0.2) is 35.5 Å². The largest absolute Gasteiger partial charge is 0.457 e. The molecule has 0 aliphatic rings. The van der Waals surface area contributed by atoms with Crippen molar-refractivity contribution in [2.75, 3.05) is 0 Å². The average Bonchev–Trinajstić information content (AvgIpc) is 2.99. The molecule has 2 N–H and O–H groups in total. The third kappa shape index (κ3) is 3.97. The molecule has 0 aliphatic heterocycles. The van der Waals surface area contributed by atoms with E-state index in [1.54, 1.807) is 58.5 Å². The Morgan fingerprint density at radius 2 is 2.04 bits per heavy atom. The molecular weight excluding hydrogens is 358 g/mol. The molecule has 7 nitrogen and oxygen atoms in total. The molecular formula is C21H21N3O4. The molecule has 0 bridgehead atoms. The van der Waals surface area contributed by atoms with Gasteiger partial charge in [-0.25, -0.2) is 4.79 Å². The Morgan fingerprint density at radius 3 is 2.68 bits per heavy atom. The number of hydrogen-bond acceptors (Lipinski definition) is 5. The number of pyridine rings is 2. The minimum atomic E-state index is -1.21. The molecule has 0 unspecified atom stereocenters. The van der Waals surface area contributed by atoms with Crippen molar-refractivity contribution in [3.63, 3.8) is 0 Å². The molecule has 0 aliphatic carbocycles. The Hall–Kier alpha value is -3.37. The number of aryl methyl sites for hydroxylation is 2. The predicted octanol–water partition coefficient (Wildman–Crippen LogP) is 2.05. The average molecular weight is 379 g/mol. The minimum absolute atomic E-state index is 0.0863. The van der Waals surface area contributed by atoms with Gasteiger partial charge in [0, 0.05) is 36.7 Å². The number of nitrogens with one attached hydrogen (secondary N) is 1. The molecule has 7 heteroatoms. The van der Waals surface area contributed by atoms with Crippen molar-refractivity contribution in [2.45, 2.75) is 33.0 Å². The first kappa shape index (κ1) is 19.4. The normalized spacial score (nSPS) is 11.2. The highest BCUT2D eigenvalue weighted by Gasteiger charge is 2.22. The van der Waals surface area contributed by atoms with Gasteiger partial charge in [0.1, 0.15) is 17.7 Å². The number of H-pyrrole nitrogens is 1. The van der Waals surface area contributed by atoms with Crippen molar-refractivity contribution in [3.05, 3.63) is 63.5 Å². The summed E-state index contributed by atoms with van der Waals surface area (Å²) in [5, 5.41) is 10.3. The maximum atomic E-state index is 12.8. The topological polar surface area (TPSA) is 97.2 Å². The summed E-state index contributed by atoms with van der Waals surface area (Å²) in [7, 11) is 1.61. The Kier molecular flexibility index (Phi) is 5.08. The second-order valence-corrected chi connectivity index (χ2v) is 7.07. The molecule has 3 heterocycles. The number of rotatable bonds is 3. The molecule has 0 saturated carbocycles. The number of aromatic amines is 1. The van der Waals surface area contributed by atoms with Crippen LogP contribution in [0, 0.1) is 18.8 Å². The highest BCUT2D eigenvalue weighted by molar-refractivity contribution is 6.07. The fourth-order valence-corrected chi connectivity index (χ4v) is 2.82. The lowest BCUT2D eigenvalue weighted by molar-refractivity contribution is 0.0474. The highest BCUT2D eigenvalue weighted by Crippen LogP contribution is 2.24. The van der Waals surface area contributed by atoms with Crippen molar-refractivity contribution in [1.29, 1.82) is 0 Å². The fraction of sp³-hybridized carbons (Fsp3) is 0.286. The number of carbonyl (C=O) groups is 1. The summed E-state index contributed by atoms with van der Waals surface area (Å²) >= 11 is 0. The molecule has 0 atom stereocenters. The SMILES string of the molecule is Cc1[nH]c2c(=O)n(C)cc(C#CC(C)(C)O)c2c1C(=O)OCc1ccncc1. The molecule has 0 spiro atoms. The molecule has 0 fully saturated rings. The Balaban J connectivity index is 2.10. The van der Waals surface area contributed by atoms with Gasteiger partial charge in [0.05, 0.1) is 11.1 Å². The first-order valence-corrected chi connectivity index (χ1v) is 8.71. The Bertz CT molecular complexity index is 1160. The van der Waals surface area contributed by atoms with Crippen LogP contribution < -0.4 is 5.56 Å². The van der Waals surface area contributed by atoms with Crippen LogP contribution in [0.25, 0.3) is 10.9 Å². The van der Waals surface area contributed by atoms with Crippen LogP contribution in [-0.4, -0.2) is 31.2 Å². The van der Waals surface area contributed by atoms with Crippen LogP contribution in [0.5, 0.6) is 0 Å². The summed E-state index contributed by atoms with van der Waals surface area (Å²) in [5.41, 5.74) is 0.830. The monoisotopic (exact) mass is 379 g/mol. The van der Waals surface area contributed by atoms with Crippen LogP contribution in [0.2, 0.25) is 0 Å². The molecule has 0 amide bonds. The third-order valence-electron chi connectivity index (χ3n) is 4.14. The number of aliphatic hydroxyl groups is 1. The van der Waals surface area contributed by atoms with Crippen LogP contribution in [0.3, 0.4) is 0 Å². The molecule has 3 aromatic rings. The van der Waals surface area contributed by atoms with Gasteiger partial charge in [-0.3, -0.25) is 9.78 Å². The zero-order valence-corrected chi connectivity index (χ0v) is 16.2. The fourth-order valence-electron chi connectivity index (χ4n) is 2.82. The predicted molar refractivity (Wildman–Crippen MR) is 105 cm³/mol. The maximum Gasteiger partial charge on any atom is 0.340 e. The van der Waals surface area contributed by atoms with E-state index in [0.29, 0.717) is 16.6 Å². The number of aromatic nitrogens is 3. The van der Waals surface area contributed by atoms with E-state index in [0.717, 1.165) is 5.56 Å². The molecule has 3 rings (SSSR count). The zero-order chi connectivity index (χ0) is 20.5. The van der Waals surface area contributed by atoms with Gasteiger partial charge in [-0.2, -0.15) is 0 Å². The van der Waals surface area contributed by atoms with Gasteiger partial charge < -0.3 is 19.4 Å². The van der Waals surface area contributed by atoms with E-state index in [9.17, 15) is 14.7 Å².